The number of Topliss-reactive ketones (excluding diaryl/α,β-unsaturated/α-hetero) is 1. The molecule has 1 aromatic heterocycles. The number of anilines is 1. The number of nitrogens with zero attached hydrogens (tertiary/aromatic N) is 3. The normalized spacial score (nSPS) is 16.4. The second-order valence-corrected chi connectivity index (χ2v) is 12.1. The number of aldehydes is 1. The molecule has 226 valence electrons. The Labute approximate surface area is 265 Å². The monoisotopic (exact) mass is 594 g/mol. The van der Waals surface area contributed by atoms with Crippen LogP contribution in [-0.2, 0) is 28.1 Å². The molecule has 0 amide bonds. The van der Waals surface area contributed by atoms with E-state index in [1.807, 2.05) is 44.2 Å². The minimum atomic E-state index is -0.640. The second-order valence-electron chi connectivity index (χ2n) is 12.1. The lowest BCUT2D eigenvalue weighted by molar-refractivity contribution is -0.131. The van der Waals surface area contributed by atoms with Gasteiger partial charge in [-0.1, -0.05) is 103 Å². The zero-order chi connectivity index (χ0) is 31.4. The molecule has 1 aliphatic rings. The fourth-order valence-corrected chi connectivity index (χ4v) is 6.98. The molecule has 6 nitrogen and oxygen atoms in total. The molecule has 4 aromatic carbocycles. The first-order valence-electron chi connectivity index (χ1n) is 15.3. The molecule has 0 bridgehead atoms. The van der Waals surface area contributed by atoms with Crippen LogP contribution in [0, 0.1) is 0 Å². The van der Waals surface area contributed by atoms with Gasteiger partial charge in [-0.3, -0.25) is 19.5 Å². The van der Waals surface area contributed by atoms with Crippen LogP contribution in [0.4, 0.5) is 5.69 Å². The molecule has 0 aliphatic carbocycles. The van der Waals surface area contributed by atoms with Crippen LogP contribution < -0.4 is 10.6 Å². The summed E-state index contributed by atoms with van der Waals surface area (Å²) in [5.41, 5.74) is 12.0. The average Bonchev–Trinajstić information content (AvgIpc) is 3.35. The van der Waals surface area contributed by atoms with Gasteiger partial charge < -0.3 is 10.6 Å². The van der Waals surface area contributed by atoms with Gasteiger partial charge in [0.1, 0.15) is 6.04 Å². The number of carbonyl (C=O) groups excluding carboxylic acids is 2. The van der Waals surface area contributed by atoms with Crippen molar-refractivity contribution >= 4 is 17.8 Å². The number of nitrogens with two attached hydrogens (primary N) is 1. The van der Waals surface area contributed by atoms with Gasteiger partial charge in [-0.25, -0.2) is 0 Å². The average molecular weight is 595 g/mol. The smallest absolute Gasteiger partial charge is 0.219 e. The van der Waals surface area contributed by atoms with Gasteiger partial charge in [-0.2, -0.15) is 0 Å². The van der Waals surface area contributed by atoms with Crippen molar-refractivity contribution in [3.05, 3.63) is 167 Å². The lowest BCUT2D eigenvalue weighted by Gasteiger charge is -2.37. The molecule has 1 unspecified atom stereocenters. The Balaban J connectivity index is 1.44. The molecular weight excluding hydrogens is 556 g/mol. The highest BCUT2D eigenvalue weighted by molar-refractivity contribution is 6.28. The van der Waals surface area contributed by atoms with Crippen LogP contribution in [0.15, 0.2) is 134 Å². The van der Waals surface area contributed by atoms with E-state index in [9.17, 15) is 9.59 Å². The zero-order valence-corrected chi connectivity index (χ0v) is 25.7. The number of rotatable bonds is 10. The second kappa shape index (κ2) is 12.6. The van der Waals surface area contributed by atoms with Crippen LogP contribution in [-0.4, -0.2) is 40.2 Å². The van der Waals surface area contributed by atoms with Crippen LogP contribution in [0.1, 0.15) is 47.4 Å². The van der Waals surface area contributed by atoms with Gasteiger partial charge in [0.2, 0.25) is 5.78 Å². The number of aromatic nitrogens is 1. The van der Waals surface area contributed by atoms with Crippen molar-refractivity contribution in [1.82, 2.24) is 9.88 Å². The maximum absolute atomic E-state index is 13.2. The Hall–Kier alpha value is -4.91. The first-order chi connectivity index (χ1) is 21.9. The number of hydrogen-bond donors (Lipinski definition) is 1. The molecular formula is C39H38N4O2. The Morgan fingerprint density at radius 1 is 0.822 bits per heavy atom. The van der Waals surface area contributed by atoms with Gasteiger partial charge in [0.15, 0.2) is 6.29 Å². The van der Waals surface area contributed by atoms with Gasteiger partial charge in [-0.05, 0) is 65.9 Å². The third-order valence-electron chi connectivity index (χ3n) is 9.22. The standard InChI is InChI=1S/C39H38N4O2/c1-38(2)37(36(45)27-44)43(28-42(38)26-29-22-23-41-34(24-29)25-40)35-20-18-33(19-21-35)39(30-12-6-3-7-13-30,31-14-8-4-9-15-31)32-16-10-5-11-17-32/h3-24,27,37H,25-26,28,40H2,1-2H3. The highest BCUT2D eigenvalue weighted by Crippen LogP contribution is 2.46. The lowest BCUT2D eigenvalue weighted by Crippen LogP contribution is -2.51. The minimum absolute atomic E-state index is 0.360. The number of benzene rings is 4. The molecule has 2 N–H and O–H groups in total. The molecule has 1 atom stereocenters. The predicted octanol–water partition coefficient (Wildman–Crippen LogP) is 6.12. The maximum atomic E-state index is 13.2. The summed E-state index contributed by atoms with van der Waals surface area (Å²) in [6.45, 7) is 5.50. The van der Waals surface area contributed by atoms with Crippen molar-refractivity contribution in [2.75, 3.05) is 11.6 Å². The number of ketones is 1. The highest BCUT2D eigenvalue weighted by atomic mass is 16.2. The molecule has 0 saturated carbocycles. The Morgan fingerprint density at radius 3 is 1.82 bits per heavy atom. The molecule has 45 heavy (non-hydrogen) atoms. The summed E-state index contributed by atoms with van der Waals surface area (Å²) >= 11 is 0. The Bertz CT molecular complexity index is 1660. The molecule has 1 aliphatic heterocycles. The predicted molar refractivity (Wildman–Crippen MR) is 179 cm³/mol. The summed E-state index contributed by atoms with van der Waals surface area (Å²) in [7, 11) is 0. The summed E-state index contributed by atoms with van der Waals surface area (Å²) in [5.74, 6) is -0.434. The highest BCUT2D eigenvalue weighted by Gasteiger charge is 2.50. The van der Waals surface area contributed by atoms with Gasteiger partial charge in [0, 0.05) is 30.5 Å². The third kappa shape index (κ3) is 5.48. The van der Waals surface area contributed by atoms with Gasteiger partial charge in [-0.15, -0.1) is 0 Å². The topological polar surface area (TPSA) is 79.5 Å². The van der Waals surface area contributed by atoms with E-state index in [-0.39, 0.29) is 0 Å². The van der Waals surface area contributed by atoms with Crippen LogP contribution in [0.2, 0.25) is 0 Å². The molecule has 1 fully saturated rings. The summed E-state index contributed by atoms with van der Waals surface area (Å²) in [4.78, 5) is 33.8. The van der Waals surface area contributed by atoms with Crippen molar-refractivity contribution < 1.29 is 9.59 Å². The molecule has 0 spiro atoms. The first-order valence-corrected chi connectivity index (χ1v) is 15.3. The summed E-state index contributed by atoms with van der Waals surface area (Å²) < 4.78 is 0. The third-order valence-corrected chi connectivity index (χ3v) is 9.22. The molecule has 0 radical (unpaired) electrons. The molecule has 2 heterocycles. The van der Waals surface area contributed by atoms with Crippen LogP contribution >= 0.6 is 0 Å². The molecule has 6 heteroatoms. The van der Waals surface area contributed by atoms with Gasteiger partial charge in [0.25, 0.3) is 0 Å². The van der Waals surface area contributed by atoms with Crippen molar-refractivity contribution in [3.63, 3.8) is 0 Å². The number of carbonyl (C=O) groups is 2. The van der Waals surface area contributed by atoms with E-state index in [1.165, 1.54) is 0 Å². The van der Waals surface area contributed by atoms with Crippen molar-refractivity contribution in [3.8, 4) is 0 Å². The van der Waals surface area contributed by atoms with Crippen LogP contribution in [0.25, 0.3) is 0 Å². The quantitative estimate of drug-likeness (QED) is 0.119. The minimum Gasteiger partial charge on any atom is -0.346 e. The fraction of sp³-hybridized carbons (Fsp3) is 0.205. The summed E-state index contributed by atoms with van der Waals surface area (Å²) in [5, 5.41) is 0. The van der Waals surface area contributed by atoms with Crippen LogP contribution in [0.3, 0.4) is 0 Å². The van der Waals surface area contributed by atoms with Crippen molar-refractivity contribution in [2.45, 2.75) is 43.9 Å². The largest absolute Gasteiger partial charge is 0.346 e. The van der Waals surface area contributed by atoms with E-state index < -0.39 is 22.8 Å². The molecule has 6 rings (SSSR count). The van der Waals surface area contributed by atoms with Crippen LogP contribution in [0.5, 0.6) is 0 Å². The Morgan fingerprint density at radius 2 is 1.33 bits per heavy atom. The zero-order valence-electron chi connectivity index (χ0n) is 25.7. The maximum Gasteiger partial charge on any atom is 0.219 e. The van der Waals surface area contributed by atoms with E-state index in [1.54, 1.807) is 6.20 Å². The van der Waals surface area contributed by atoms with E-state index in [0.29, 0.717) is 26.0 Å². The van der Waals surface area contributed by atoms with E-state index in [0.717, 1.165) is 39.2 Å². The van der Waals surface area contributed by atoms with E-state index >= 15 is 0 Å². The van der Waals surface area contributed by atoms with Crippen molar-refractivity contribution in [2.24, 2.45) is 5.73 Å². The first kappa shape index (κ1) is 30.1. The number of hydrogen-bond acceptors (Lipinski definition) is 6. The summed E-state index contributed by atoms with van der Waals surface area (Å²) in [6, 6.07) is 43.6. The number of pyridine rings is 1. The Kier molecular flexibility index (Phi) is 8.44. The molecule has 1 saturated heterocycles. The van der Waals surface area contributed by atoms with E-state index in [2.05, 4.69) is 112 Å². The van der Waals surface area contributed by atoms with Crippen molar-refractivity contribution in [1.29, 1.82) is 0 Å². The lowest BCUT2D eigenvalue weighted by atomic mass is 9.65. The van der Waals surface area contributed by atoms with Gasteiger partial charge >= 0.3 is 0 Å². The SMILES string of the molecule is CC1(C)C(C(=O)C=O)N(c2ccc(C(c3ccccc3)(c3ccccc3)c3ccccc3)cc2)CN1Cc1ccnc(CN)c1. The van der Waals surface area contributed by atoms with E-state index in [4.69, 9.17) is 5.73 Å². The molecule has 5 aromatic rings. The van der Waals surface area contributed by atoms with Gasteiger partial charge in [0.05, 0.1) is 17.8 Å². The fourth-order valence-electron chi connectivity index (χ4n) is 6.98. The summed E-state index contributed by atoms with van der Waals surface area (Å²) in [6.07, 6.45) is 2.23.